The predicted octanol–water partition coefficient (Wildman–Crippen LogP) is 0.913. The highest BCUT2D eigenvalue weighted by molar-refractivity contribution is 7.91. The zero-order valence-corrected chi connectivity index (χ0v) is 10.7. The molecular weight excluding hydrogens is 226 g/mol. The van der Waals surface area contributed by atoms with Crippen molar-refractivity contribution in [1.82, 2.24) is 5.32 Å². The van der Waals surface area contributed by atoms with Gasteiger partial charge < -0.3 is 5.32 Å². The minimum absolute atomic E-state index is 0.0202. The lowest BCUT2D eigenvalue weighted by molar-refractivity contribution is -0.119. The van der Waals surface area contributed by atoms with Crippen LogP contribution >= 0.6 is 0 Å². The normalized spacial score (nSPS) is 21.2. The van der Waals surface area contributed by atoms with Crippen LogP contribution in [0.25, 0.3) is 0 Å². The van der Waals surface area contributed by atoms with Gasteiger partial charge >= 0.3 is 0 Å². The van der Waals surface area contributed by atoms with Gasteiger partial charge in [-0.25, -0.2) is 8.42 Å². The largest absolute Gasteiger partial charge is 0.314 e. The van der Waals surface area contributed by atoms with Crippen molar-refractivity contribution in [1.29, 1.82) is 0 Å². The van der Waals surface area contributed by atoms with Crippen LogP contribution in [0, 0.1) is 0 Å². The van der Waals surface area contributed by atoms with Gasteiger partial charge in [-0.1, -0.05) is 6.92 Å². The van der Waals surface area contributed by atoms with Crippen LogP contribution in [0.3, 0.4) is 0 Å². The van der Waals surface area contributed by atoms with Gasteiger partial charge in [0, 0.05) is 24.6 Å². The van der Waals surface area contributed by atoms with Crippen molar-refractivity contribution >= 4 is 15.6 Å². The van der Waals surface area contributed by atoms with Gasteiger partial charge in [0.05, 0.1) is 5.75 Å². The van der Waals surface area contributed by atoms with E-state index in [1.165, 1.54) is 0 Å². The van der Waals surface area contributed by atoms with Crippen molar-refractivity contribution < 1.29 is 13.2 Å². The van der Waals surface area contributed by atoms with Gasteiger partial charge in [0.15, 0.2) is 9.84 Å². The molecular formula is C11H21NO3S. The molecule has 94 valence electrons. The molecule has 1 heterocycles. The predicted molar refractivity (Wildman–Crippen MR) is 64.2 cm³/mol. The molecule has 0 radical (unpaired) electrons. The fourth-order valence-corrected chi connectivity index (χ4v) is 3.36. The number of rotatable bonds is 7. The molecule has 1 N–H and O–H groups in total. The van der Waals surface area contributed by atoms with Gasteiger partial charge in [0.1, 0.15) is 5.78 Å². The molecule has 0 aromatic rings. The Hall–Kier alpha value is -0.420. The SMILES string of the molecule is CCCS(=O)(=O)CCC(=O)CC1CCCN1. The molecule has 0 saturated carbocycles. The van der Waals surface area contributed by atoms with E-state index in [2.05, 4.69) is 5.32 Å². The first-order chi connectivity index (χ1) is 7.53. The first-order valence-corrected chi connectivity index (χ1v) is 7.81. The van der Waals surface area contributed by atoms with Gasteiger partial charge in [-0.05, 0) is 25.8 Å². The summed E-state index contributed by atoms with van der Waals surface area (Å²) in [6.07, 6.45) is 3.45. The van der Waals surface area contributed by atoms with Crippen molar-refractivity contribution in [3.63, 3.8) is 0 Å². The average Bonchev–Trinajstić information content (AvgIpc) is 2.68. The molecule has 5 heteroatoms. The van der Waals surface area contributed by atoms with Gasteiger partial charge in [-0.15, -0.1) is 0 Å². The lowest BCUT2D eigenvalue weighted by atomic mass is 10.1. The summed E-state index contributed by atoms with van der Waals surface area (Å²) in [6.45, 7) is 2.81. The zero-order chi connectivity index (χ0) is 12.0. The van der Waals surface area contributed by atoms with E-state index in [0.717, 1.165) is 19.4 Å². The van der Waals surface area contributed by atoms with E-state index in [1.54, 1.807) is 0 Å². The third kappa shape index (κ3) is 5.07. The lowest BCUT2D eigenvalue weighted by Gasteiger charge is -2.08. The Balaban J connectivity index is 2.24. The van der Waals surface area contributed by atoms with E-state index in [0.29, 0.717) is 12.8 Å². The van der Waals surface area contributed by atoms with Crippen molar-refractivity contribution in [3.05, 3.63) is 0 Å². The van der Waals surface area contributed by atoms with Gasteiger partial charge in [-0.2, -0.15) is 0 Å². The Kier molecular flexibility index (Phi) is 5.41. The third-order valence-corrected chi connectivity index (χ3v) is 4.70. The number of hydrogen-bond donors (Lipinski definition) is 1. The monoisotopic (exact) mass is 247 g/mol. The molecule has 4 nitrogen and oxygen atoms in total. The molecule has 0 spiro atoms. The van der Waals surface area contributed by atoms with Crippen LogP contribution in [0.4, 0.5) is 0 Å². The molecule has 1 unspecified atom stereocenters. The summed E-state index contributed by atoms with van der Waals surface area (Å²) in [6, 6.07) is 0.279. The number of ketones is 1. The summed E-state index contributed by atoms with van der Waals surface area (Å²) in [5.41, 5.74) is 0. The van der Waals surface area contributed by atoms with Crippen LogP contribution < -0.4 is 5.32 Å². The van der Waals surface area contributed by atoms with E-state index < -0.39 is 9.84 Å². The van der Waals surface area contributed by atoms with Crippen molar-refractivity contribution in [2.24, 2.45) is 0 Å². The van der Waals surface area contributed by atoms with Crippen LogP contribution in [0.2, 0.25) is 0 Å². The average molecular weight is 247 g/mol. The van der Waals surface area contributed by atoms with Crippen LogP contribution in [-0.2, 0) is 14.6 Å². The molecule has 0 aliphatic carbocycles. The van der Waals surface area contributed by atoms with Crippen molar-refractivity contribution in [2.45, 2.75) is 45.1 Å². The quantitative estimate of drug-likeness (QED) is 0.726. The second-order valence-electron chi connectivity index (χ2n) is 4.44. The van der Waals surface area contributed by atoms with Crippen LogP contribution in [-0.4, -0.2) is 38.3 Å². The molecule has 0 amide bonds. The molecule has 1 fully saturated rings. The summed E-state index contributed by atoms with van der Waals surface area (Å²) in [5.74, 6) is 0.285. The summed E-state index contributed by atoms with van der Waals surface area (Å²) in [5, 5.41) is 3.24. The van der Waals surface area contributed by atoms with Crippen molar-refractivity contribution in [2.75, 3.05) is 18.1 Å². The maximum absolute atomic E-state index is 11.5. The van der Waals surface area contributed by atoms with E-state index in [1.807, 2.05) is 6.92 Å². The van der Waals surface area contributed by atoms with Gasteiger partial charge in [0.2, 0.25) is 0 Å². The standard InChI is InChI=1S/C11H21NO3S/c1-2-7-16(14,15)8-5-11(13)9-10-4-3-6-12-10/h10,12H,2-9H2,1H3. The summed E-state index contributed by atoms with van der Waals surface area (Å²) in [4.78, 5) is 11.5. The van der Waals surface area contributed by atoms with E-state index >= 15 is 0 Å². The van der Waals surface area contributed by atoms with Crippen LogP contribution in [0.5, 0.6) is 0 Å². The molecule has 0 aromatic heterocycles. The number of nitrogens with one attached hydrogen (secondary N) is 1. The second-order valence-corrected chi connectivity index (χ2v) is 6.74. The first kappa shape index (κ1) is 13.6. The van der Waals surface area contributed by atoms with Crippen LogP contribution in [0.15, 0.2) is 0 Å². The Bertz CT molecular complexity index is 318. The number of carbonyl (C=O) groups is 1. The highest BCUT2D eigenvalue weighted by Crippen LogP contribution is 2.10. The smallest absolute Gasteiger partial charge is 0.150 e. The molecule has 0 bridgehead atoms. The minimum atomic E-state index is -3.00. The number of carbonyl (C=O) groups excluding carboxylic acids is 1. The van der Waals surface area contributed by atoms with E-state index in [-0.39, 0.29) is 29.8 Å². The van der Waals surface area contributed by atoms with Crippen LogP contribution in [0.1, 0.15) is 39.0 Å². The minimum Gasteiger partial charge on any atom is -0.314 e. The molecule has 1 rings (SSSR count). The topological polar surface area (TPSA) is 63.2 Å². The summed E-state index contributed by atoms with van der Waals surface area (Å²) in [7, 11) is -3.00. The number of hydrogen-bond acceptors (Lipinski definition) is 4. The van der Waals surface area contributed by atoms with E-state index in [9.17, 15) is 13.2 Å². The van der Waals surface area contributed by atoms with E-state index in [4.69, 9.17) is 0 Å². The Labute approximate surface area is 97.7 Å². The number of Topliss-reactive ketones (excluding diaryl/α,β-unsaturated/α-hetero) is 1. The Morgan fingerprint density at radius 2 is 2.12 bits per heavy atom. The highest BCUT2D eigenvalue weighted by atomic mass is 32.2. The second kappa shape index (κ2) is 6.35. The number of sulfone groups is 1. The van der Waals surface area contributed by atoms with Gasteiger partial charge in [0.25, 0.3) is 0 Å². The van der Waals surface area contributed by atoms with Crippen molar-refractivity contribution in [3.8, 4) is 0 Å². The Morgan fingerprint density at radius 3 is 2.69 bits per heavy atom. The molecule has 1 aliphatic rings. The first-order valence-electron chi connectivity index (χ1n) is 5.99. The van der Waals surface area contributed by atoms with Gasteiger partial charge in [-0.3, -0.25) is 4.79 Å². The maximum Gasteiger partial charge on any atom is 0.150 e. The highest BCUT2D eigenvalue weighted by Gasteiger charge is 2.19. The molecule has 16 heavy (non-hydrogen) atoms. The molecule has 1 atom stereocenters. The third-order valence-electron chi connectivity index (χ3n) is 2.84. The fraction of sp³-hybridized carbons (Fsp3) is 0.909. The lowest BCUT2D eigenvalue weighted by Crippen LogP contribution is -2.25. The molecule has 0 aromatic carbocycles. The summed E-state index contributed by atoms with van der Waals surface area (Å²) < 4.78 is 22.8. The zero-order valence-electron chi connectivity index (χ0n) is 9.87. The molecule has 1 aliphatic heterocycles. The summed E-state index contributed by atoms with van der Waals surface area (Å²) >= 11 is 0. The molecule has 1 saturated heterocycles. The maximum atomic E-state index is 11.5. The fourth-order valence-electron chi connectivity index (χ4n) is 1.99. The Morgan fingerprint density at radius 1 is 1.38 bits per heavy atom.